The van der Waals surface area contributed by atoms with E-state index in [1.807, 2.05) is 18.5 Å². The lowest BCUT2D eigenvalue weighted by molar-refractivity contribution is 0.111. The Hall–Kier alpha value is -0.623. The molecule has 0 saturated heterocycles. The van der Waals surface area contributed by atoms with Gasteiger partial charge >= 0.3 is 8.80 Å². The van der Waals surface area contributed by atoms with Crippen molar-refractivity contribution in [2.24, 2.45) is 0 Å². The van der Waals surface area contributed by atoms with Gasteiger partial charge in [-0.2, -0.15) is 0 Å². The number of rotatable bonds is 6. The normalized spacial score (nSPS) is 14.1. The van der Waals surface area contributed by atoms with Crippen LogP contribution in [-0.4, -0.2) is 35.1 Å². The highest BCUT2D eigenvalue weighted by atomic mass is 28.4. The van der Waals surface area contributed by atoms with Crippen LogP contribution < -0.4 is 0 Å². The van der Waals surface area contributed by atoms with Gasteiger partial charge in [0.2, 0.25) is 0 Å². The van der Waals surface area contributed by atoms with E-state index in [0.717, 1.165) is 6.42 Å². The predicted molar refractivity (Wildman–Crippen MR) is 60.6 cm³/mol. The molecule has 1 unspecified atom stereocenters. The Morgan fingerprint density at radius 1 is 1.27 bits per heavy atom. The van der Waals surface area contributed by atoms with Crippen molar-refractivity contribution in [1.82, 2.24) is 4.98 Å². The maximum atomic E-state index is 5.49. The van der Waals surface area contributed by atoms with Crippen LogP contribution in [0.3, 0.4) is 0 Å². The number of nitrogens with one attached hydrogen (secondary N) is 1. The minimum absolute atomic E-state index is 0.184. The summed E-state index contributed by atoms with van der Waals surface area (Å²) in [6.45, 7) is 2.11. The highest BCUT2D eigenvalue weighted by Gasteiger charge is 2.47. The Balaban J connectivity index is 2.98. The van der Waals surface area contributed by atoms with Gasteiger partial charge in [-0.25, -0.2) is 0 Å². The maximum absolute atomic E-state index is 5.49. The average molecular weight is 229 g/mol. The van der Waals surface area contributed by atoms with Crippen molar-refractivity contribution in [3.05, 3.63) is 24.0 Å². The van der Waals surface area contributed by atoms with E-state index in [1.54, 1.807) is 21.3 Å². The Labute approximate surface area is 91.9 Å². The van der Waals surface area contributed by atoms with E-state index in [1.165, 1.54) is 5.56 Å². The number of H-pyrrole nitrogens is 1. The van der Waals surface area contributed by atoms with Gasteiger partial charge < -0.3 is 18.3 Å². The Kier molecular flexibility index (Phi) is 4.53. The van der Waals surface area contributed by atoms with Crippen LogP contribution in [0.1, 0.15) is 24.4 Å². The van der Waals surface area contributed by atoms with Crippen LogP contribution in [-0.2, 0) is 13.3 Å². The van der Waals surface area contributed by atoms with E-state index in [0.29, 0.717) is 0 Å². The lowest BCUT2D eigenvalue weighted by atomic mass is 10.2. The highest BCUT2D eigenvalue weighted by molar-refractivity contribution is 6.62. The third kappa shape index (κ3) is 2.31. The smallest absolute Gasteiger partial charge is 0.376 e. The molecule has 1 rings (SSSR count). The molecule has 0 bridgehead atoms. The lowest BCUT2D eigenvalue weighted by Gasteiger charge is -2.31. The fourth-order valence-electron chi connectivity index (χ4n) is 1.92. The zero-order valence-corrected chi connectivity index (χ0v) is 10.7. The molecule has 0 aliphatic carbocycles. The SMILES string of the molecule is CCC(c1cc[nH]c1)[Si](OC)(OC)OC. The molecular weight excluding hydrogens is 210 g/mol. The molecule has 15 heavy (non-hydrogen) atoms. The summed E-state index contributed by atoms with van der Waals surface area (Å²) in [5, 5.41) is 0. The molecule has 1 aromatic heterocycles. The molecular formula is C10H19NO3Si. The third-order valence-electron chi connectivity index (χ3n) is 2.71. The average Bonchev–Trinajstić information content (AvgIpc) is 2.79. The largest absolute Gasteiger partial charge is 0.508 e. The van der Waals surface area contributed by atoms with Crippen molar-refractivity contribution in [3.8, 4) is 0 Å². The van der Waals surface area contributed by atoms with Crippen LogP contribution in [0.15, 0.2) is 18.5 Å². The maximum Gasteiger partial charge on any atom is 0.508 e. The monoisotopic (exact) mass is 229 g/mol. The van der Waals surface area contributed by atoms with E-state index in [-0.39, 0.29) is 5.54 Å². The van der Waals surface area contributed by atoms with Crippen molar-refractivity contribution >= 4 is 8.80 Å². The summed E-state index contributed by atoms with van der Waals surface area (Å²) >= 11 is 0. The van der Waals surface area contributed by atoms with Crippen molar-refractivity contribution in [2.75, 3.05) is 21.3 Å². The molecule has 86 valence electrons. The molecule has 1 aromatic rings. The summed E-state index contributed by atoms with van der Waals surface area (Å²) < 4.78 is 16.5. The fourth-order valence-corrected chi connectivity index (χ4v) is 4.36. The first kappa shape index (κ1) is 12.4. The molecule has 0 amide bonds. The van der Waals surface area contributed by atoms with Crippen LogP contribution in [0.25, 0.3) is 0 Å². The van der Waals surface area contributed by atoms with Crippen molar-refractivity contribution in [3.63, 3.8) is 0 Å². The highest BCUT2D eigenvalue weighted by Crippen LogP contribution is 2.31. The molecule has 0 fully saturated rings. The number of hydrogen-bond acceptors (Lipinski definition) is 3. The minimum atomic E-state index is -2.57. The van der Waals surface area contributed by atoms with Crippen LogP contribution in [0.4, 0.5) is 0 Å². The second-order valence-corrected chi connectivity index (χ2v) is 6.45. The van der Waals surface area contributed by atoms with Crippen molar-refractivity contribution in [2.45, 2.75) is 18.9 Å². The number of aromatic amines is 1. The fraction of sp³-hybridized carbons (Fsp3) is 0.600. The van der Waals surface area contributed by atoms with Gasteiger partial charge in [0.1, 0.15) is 0 Å². The topological polar surface area (TPSA) is 43.5 Å². The molecule has 0 radical (unpaired) electrons. The zero-order valence-electron chi connectivity index (χ0n) is 9.74. The molecule has 4 nitrogen and oxygen atoms in total. The molecule has 0 aliphatic rings. The lowest BCUT2D eigenvalue weighted by Crippen LogP contribution is -2.49. The standard InChI is InChI=1S/C10H19NO3Si/c1-5-10(9-6-7-11-8-9)15(12-2,13-3)14-4/h6-8,10-11H,5H2,1-4H3. The van der Waals surface area contributed by atoms with E-state index in [2.05, 4.69) is 11.9 Å². The second kappa shape index (κ2) is 5.46. The molecule has 0 aromatic carbocycles. The predicted octanol–water partition coefficient (Wildman–Crippen LogP) is 1.93. The Morgan fingerprint density at radius 2 is 1.87 bits per heavy atom. The van der Waals surface area contributed by atoms with E-state index in [4.69, 9.17) is 13.3 Å². The minimum Gasteiger partial charge on any atom is -0.376 e. The van der Waals surface area contributed by atoms with Gasteiger partial charge in [0, 0.05) is 33.7 Å². The van der Waals surface area contributed by atoms with E-state index < -0.39 is 8.80 Å². The summed E-state index contributed by atoms with van der Waals surface area (Å²) in [5.74, 6) is 0. The summed E-state index contributed by atoms with van der Waals surface area (Å²) in [5.41, 5.74) is 1.36. The third-order valence-corrected chi connectivity index (χ3v) is 6.02. The van der Waals surface area contributed by atoms with Crippen LogP contribution >= 0.6 is 0 Å². The first-order valence-corrected chi connectivity index (χ1v) is 6.82. The molecule has 0 spiro atoms. The summed E-state index contributed by atoms with van der Waals surface area (Å²) in [7, 11) is 2.37. The summed E-state index contributed by atoms with van der Waals surface area (Å²) in [4.78, 5) is 3.04. The zero-order chi connectivity index (χ0) is 11.3. The Bertz CT molecular complexity index is 264. The molecule has 0 saturated carbocycles. The van der Waals surface area contributed by atoms with Crippen LogP contribution in [0.5, 0.6) is 0 Å². The van der Waals surface area contributed by atoms with Gasteiger partial charge in [-0.15, -0.1) is 0 Å². The van der Waals surface area contributed by atoms with Gasteiger partial charge in [-0.05, 0) is 18.1 Å². The van der Waals surface area contributed by atoms with E-state index in [9.17, 15) is 0 Å². The molecule has 0 aliphatic heterocycles. The number of hydrogen-bond donors (Lipinski definition) is 1. The first-order valence-electron chi connectivity index (χ1n) is 5.02. The molecule has 5 heteroatoms. The van der Waals surface area contributed by atoms with Gasteiger partial charge in [0.05, 0.1) is 5.54 Å². The van der Waals surface area contributed by atoms with Crippen molar-refractivity contribution in [1.29, 1.82) is 0 Å². The number of aromatic nitrogens is 1. The Morgan fingerprint density at radius 3 is 2.20 bits per heavy atom. The van der Waals surface area contributed by atoms with Gasteiger partial charge in [-0.3, -0.25) is 0 Å². The van der Waals surface area contributed by atoms with Gasteiger partial charge in [-0.1, -0.05) is 6.92 Å². The van der Waals surface area contributed by atoms with Gasteiger partial charge in [0.25, 0.3) is 0 Å². The van der Waals surface area contributed by atoms with Crippen LogP contribution in [0, 0.1) is 0 Å². The molecule has 1 N–H and O–H groups in total. The van der Waals surface area contributed by atoms with Crippen LogP contribution in [0.2, 0.25) is 0 Å². The summed E-state index contributed by atoms with van der Waals surface area (Å²) in [6, 6.07) is 2.03. The van der Waals surface area contributed by atoms with Crippen molar-refractivity contribution < 1.29 is 13.3 Å². The summed E-state index contributed by atoms with van der Waals surface area (Å²) in [6.07, 6.45) is 4.80. The quantitative estimate of drug-likeness (QED) is 0.758. The van der Waals surface area contributed by atoms with Gasteiger partial charge in [0.15, 0.2) is 0 Å². The molecule has 1 atom stereocenters. The molecule has 1 heterocycles. The van der Waals surface area contributed by atoms with E-state index >= 15 is 0 Å². The first-order chi connectivity index (χ1) is 7.24. The second-order valence-electron chi connectivity index (χ2n) is 3.32.